The van der Waals surface area contributed by atoms with E-state index in [0.29, 0.717) is 5.69 Å². The molecule has 0 atom stereocenters. The largest absolute Gasteiger partial charge is 0.490 e. The number of thiophene rings is 1. The molecule has 2 aliphatic heterocycles. The molecule has 0 saturated carbocycles. The number of H-pyrrole nitrogens is 1. The van der Waals surface area contributed by atoms with Crippen molar-refractivity contribution in [1.82, 2.24) is 20.0 Å². The molecule has 0 spiro atoms. The SMILES string of the molecule is O=C(O)C(F)(F)F.O=C(c1n[nH]c2c1CCN(Cc1cccs1)C2)N1CCCC1. The van der Waals surface area contributed by atoms with Crippen LogP contribution >= 0.6 is 11.3 Å². The first kappa shape index (κ1) is 21.3. The van der Waals surface area contributed by atoms with Gasteiger partial charge in [-0.05, 0) is 30.7 Å². The summed E-state index contributed by atoms with van der Waals surface area (Å²) in [4.78, 5) is 27.2. The maximum absolute atomic E-state index is 12.5. The molecule has 2 aromatic heterocycles. The van der Waals surface area contributed by atoms with Crippen LogP contribution in [0.1, 0.15) is 39.5 Å². The van der Waals surface area contributed by atoms with Crippen LogP contribution in [0.4, 0.5) is 13.2 Å². The number of nitrogens with one attached hydrogen (secondary N) is 1. The van der Waals surface area contributed by atoms with Gasteiger partial charge in [-0.1, -0.05) is 6.07 Å². The zero-order valence-electron chi connectivity index (χ0n) is 15.5. The van der Waals surface area contributed by atoms with Crippen molar-refractivity contribution < 1.29 is 27.9 Å². The molecule has 11 heteroatoms. The number of halogens is 3. The van der Waals surface area contributed by atoms with Crippen LogP contribution in [0.3, 0.4) is 0 Å². The quantitative estimate of drug-likeness (QED) is 0.782. The van der Waals surface area contributed by atoms with E-state index < -0.39 is 12.1 Å². The molecule has 1 saturated heterocycles. The summed E-state index contributed by atoms with van der Waals surface area (Å²) in [7, 11) is 0. The highest BCUT2D eigenvalue weighted by Crippen LogP contribution is 2.24. The minimum Gasteiger partial charge on any atom is -0.475 e. The number of carboxylic acids is 1. The number of aromatic nitrogens is 2. The lowest BCUT2D eigenvalue weighted by atomic mass is 10.0. The third-order valence-corrected chi connectivity index (χ3v) is 5.67. The van der Waals surface area contributed by atoms with Gasteiger partial charge in [0.2, 0.25) is 0 Å². The van der Waals surface area contributed by atoms with Crippen molar-refractivity contribution in [2.75, 3.05) is 19.6 Å². The molecule has 0 unspecified atom stereocenters. The average Bonchev–Trinajstić information content (AvgIpc) is 3.42. The number of hydrogen-bond acceptors (Lipinski definition) is 5. The van der Waals surface area contributed by atoms with Crippen molar-refractivity contribution in [2.24, 2.45) is 0 Å². The van der Waals surface area contributed by atoms with Crippen molar-refractivity contribution in [3.8, 4) is 0 Å². The van der Waals surface area contributed by atoms with Gasteiger partial charge in [0.1, 0.15) is 0 Å². The second-order valence-corrected chi connectivity index (χ2v) is 7.90. The lowest BCUT2D eigenvalue weighted by molar-refractivity contribution is -0.192. The van der Waals surface area contributed by atoms with Gasteiger partial charge < -0.3 is 10.0 Å². The fourth-order valence-electron chi connectivity index (χ4n) is 3.38. The van der Waals surface area contributed by atoms with Crippen LogP contribution in [-0.4, -0.2) is 62.8 Å². The molecule has 2 aromatic rings. The molecule has 7 nitrogen and oxygen atoms in total. The highest BCUT2D eigenvalue weighted by molar-refractivity contribution is 7.09. The van der Waals surface area contributed by atoms with Crippen LogP contribution in [0.5, 0.6) is 0 Å². The van der Waals surface area contributed by atoms with Gasteiger partial charge in [0.25, 0.3) is 5.91 Å². The summed E-state index contributed by atoms with van der Waals surface area (Å²) in [6, 6.07) is 4.27. The normalized spacial score (nSPS) is 16.9. The molecular weight excluding hydrogens is 409 g/mol. The Bertz CT molecular complexity index is 845. The van der Waals surface area contributed by atoms with Crippen LogP contribution in [0, 0.1) is 0 Å². The highest BCUT2D eigenvalue weighted by atomic mass is 32.1. The second kappa shape index (κ2) is 8.95. The molecule has 29 heavy (non-hydrogen) atoms. The molecule has 0 radical (unpaired) electrons. The number of amides is 1. The van der Waals surface area contributed by atoms with Crippen LogP contribution in [0.25, 0.3) is 0 Å². The van der Waals surface area contributed by atoms with E-state index in [1.54, 1.807) is 11.3 Å². The maximum Gasteiger partial charge on any atom is 0.490 e. The number of fused-ring (bicyclic) bond motifs is 1. The Morgan fingerprint density at radius 1 is 1.24 bits per heavy atom. The summed E-state index contributed by atoms with van der Waals surface area (Å²) < 4.78 is 31.7. The van der Waals surface area contributed by atoms with E-state index in [4.69, 9.17) is 9.90 Å². The summed E-state index contributed by atoms with van der Waals surface area (Å²) in [5.41, 5.74) is 2.91. The summed E-state index contributed by atoms with van der Waals surface area (Å²) in [5.74, 6) is -2.64. The van der Waals surface area contributed by atoms with Crippen LogP contribution in [0.2, 0.25) is 0 Å². The maximum atomic E-state index is 12.5. The number of aliphatic carboxylic acids is 1. The van der Waals surface area contributed by atoms with Gasteiger partial charge in [-0.25, -0.2) is 4.79 Å². The van der Waals surface area contributed by atoms with Gasteiger partial charge in [-0.3, -0.25) is 14.8 Å². The van der Waals surface area contributed by atoms with Gasteiger partial charge in [0.05, 0.1) is 5.69 Å². The molecule has 2 N–H and O–H groups in total. The monoisotopic (exact) mass is 430 g/mol. The summed E-state index contributed by atoms with van der Waals surface area (Å²) in [6.07, 6.45) is -1.94. The third-order valence-electron chi connectivity index (χ3n) is 4.81. The second-order valence-electron chi connectivity index (χ2n) is 6.87. The smallest absolute Gasteiger partial charge is 0.475 e. The number of likely N-dealkylation sites (tertiary alicyclic amines) is 1. The molecule has 2 aliphatic rings. The number of nitrogens with zero attached hydrogens (tertiary/aromatic N) is 3. The number of carbonyl (C=O) groups is 2. The molecule has 4 rings (SSSR count). The van der Waals surface area contributed by atoms with E-state index in [1.165, 1.54) is 4.88 Å². The number of carbonyl (C=O) groups excluding carboxylic acids is 1. The molecular formula is C18H21F3N4O3S. The number of hydrogen-bond donors (Lipinski definition) is 2. The van der Waals surface area contributed by atoms with E-state index in [0.717, 1.165) is 63.2 Å². The fraction of sp³-hybridized carbons (Fsp3) is 0.500. The molecule has 158 valence electrons. The van der Waals surface area contributed by atoms with E-state index in [2.05, 4.69) is 32.6 Å². The summed E-state index contributed by atoms with van der Waals surface area (Å²) in [5, 5.41) is 16.7. The molecule has 0 bridgehead atoms. The lowest BCUT2D eigenvalue weighted by Crippen LogP contribution is -2.32. The van der Waals surface area contributed by atoms with Gasteiger partial charge >= 0.3 is 12.1 Å². The van der Waals surface area contributed by atoms with Gasteiger partial charge in [-0.2, -0.15) is 18.3 Å². The average molecular weight is 430 g/mol. The van der Waals surface area contributed by atoms with E-state index in [9.17, 15) is 18.0 Å². The van der Waals surface area contributed by atoms with Crippen LogP contribution in [-0.2, 0) is 24.3 Å². The first-order valence-electron chi connectivity index (χ1n) is 9.16. The van der Waals surface area contributed by atoms with Crippen molar-refractivity contribution in [2.45, 2.75) is 38.5 Å². The Balaban J connectivity index is 0.000000298. The lowest BCUT2D eigenvalue weighted by Gasteiger charge is -2.26. The van der Waals surface area contributed by atoms with Crippen LogP contribution < -0.4 is 0 Å². The van der Waals surface area contributed by atoms with Crippen molar-refractivity contribution in [3.05, 3.63) is 39.3 Å². The first-order valence-corrected chi connectivity index (χ1v) is 10.0. The van der Waals surface area contributed by atoms with E-state index >= 15 is 0 Å². The number of rotatable bonds is 3. The van der Waals surface area contributed by atoms with Crippen molar-refractivity contribution in [3.63, 3.8) is 0 Å². The fourth-order valence-corrected chi connectivity index (χ4v) is 4.12. The molecule has 0 aromatic carbocycles. The molecule has 4 heterocycles. The van der Waals surface area contributed by atoms with E-state index in [-0.39, 0.29) is 5.91 Å². The Morgan fingerprint density at radius 3 is 2.52 bits per heavy atom. The number of aromatic amines is 1. The minimum absolute atomic E-state index is 0.113. The minimum atomic E-state index is -5.08. The first-order chi connectivity index (χ1) is 13.8. The van der Waals surface area contributed by atoms with Gasteiger partial charge in [-0.15, -0.1) is 11.3 Å². The van der Waals surface area contributed by atoms with Gasteiger partial charge in [0, 0.05) is 43.2 Å². The molecule has 1 amide bonds. The zero-order valence-corrected chi connectivity index (χ0v) is 16.4. The predicted molar refractivity (Wildman–Crippen MR) is 99.6 cm³/mol. The Kier molecular flexibility index (Phi) is 6.58. The Labute approximate surface area is 169 Å². The third kappa shape index (κ3) is 5.36. The molecule has 0 aliphatic carbocycles. The summed E-state index contributed by atoms with van der Waals surface area (Å²) >= 11 is 1.80. The van der Waals surface area contributed by atoms with Crippen LogP contribution in [0.15, 0.2) is 17.5 Å². The van der Waals surface area contributed by atoms with Crippen molar-refractivity contribution in [1.29, 1.82) is 0 Å². The summed E-state index contributed by atoms with van der Waals surface area (Å²) in [6.45, 7) is 4.58. The zero-order chi connectivity index (χ0) is 21.0. The standard InChI is InChI=1S/C16H20N4OS.C2HF3O2/c21-16(20-6-1-2-7-20)15-13-5-8-19(11-14(13)17-18-15)10-12-4-3-9-22-12;3-2(4,5)1(6)7/h3-4,9H,1-2,5-8,10-11H2,(H,17,18);(H,6,7). The van der Waals surface area contributed by atoms with Crippen molar-refractivity contribution >= 4 is 23.2 Å². The van der Waals surface area contributed by atoms with E-state index in [1.807, 2.05) is 4.90 Å². The Hall–Kier alpha value is -2.40. The highest BCUT2D eigenvalue weighted by Gasteiger charge is 2.38. The Morgan fingerprint density at radius 2 is 1.93 bits per heavy atom. The number of alkyl halides is 3. The van der Waals surface area contributed by atoms with Gasteiger partial charge in [0.15, 0.2) is 5.69 Å². The topological polar surface area (TPSA) is 89.5 Å². The number of carboxylic acid groups (broad SMARTS) is 1. The predicted octanol–water partition coefficient (Wildman–Crippen LogP) is 2.90. The molecule has 1 fully saturated rings.